The SMILES string of the molecule is O=C(c1ccc2c(c1)CCO2)N1C[C@H]2[C@@H](CO)[C@@H]3CC[C@@]2(C1)O3. The zero-order chi connectivity index (χ0) is 15.6. The van der Waals surface area contributed by atoms with Gasteiger partial charge in [0.1, 0.15) is 5.75 Å². The molecule has 4 aliphatic rings. The van der Waals surface area contributed by atoms with E-state index in [2.05, 4.69) is 0 Å². The molecule has 0 aromatic heterocycles. The van der Waals surface area contributed by atoms with Gasteiger partial charge in [0.25, 0.3) is 5.91 Å². The number of nitrogens with zero attached hydrogens (tertiary/aromatic N) is 1. The van der Waals surface area contributed by atoms with E-state index in [0.717, 1.165) is 36.1 Å². The molecule has 5 heteroatoms. The van der Waals surface area contributed by atoms with E-state index in [1.54, 1.807) is 0 Å². The molecule has 0 unspecified atom stereocenters. The molecule has 23 heavy (non-hydrogen) atoms. The van der Waals surface area contributed by atoms with Gasteiger partial charge in [-0.2, -0.15) is 0 Å². The molecule has 4 aliphatic heterocycles. The highest BCUT2D eigenvalue weighted by Crippen LogP contribution is 2.54. The van der Waals surface area contributed by atoms with Gasteiger partial charge in [0.05, 0.1) is 24.9 Å². The topological polar surface area (TPSA) is 59.0 Å². The van der Waals surface area contributed by atoms with E-state index in [-0.39, 0.29) is 36.1 Å². The minimum absolute atomic E-state index is 0.0761. The molecule has 0 saturated carbocycles. The number of likely N-dealkylation sites (tertiary alicyclic amines) is 1. The summed E-state index contributed by atoms with van der Waals surface area (Å²) in [4.78, 5) is 14.8. The highest BCUT2D eigenvalue weighted by Gasteiger charge is 2.63. The average Bonchev–Trinajstić information content (AvgIpc) is 3.31. The molecule has 4 heterocycles. The van der Waals surface area contributed by atoms with E-state index in [1.165, 1.54) is 0 Å². The molecule has 1 aromatic rings. The number of aliphatic hydroxyl groups is 1. The maximum Gasteiger partial charge on any atom is 0.253 e. The molecule has 2 bridgehead atoms. The third kappa shape index (κ3) is 1.83. The Bertz CT molecular complexity index is 675. The molecule has 3 fully saturated rings. The number of fused-ring (bicyclic) bond motifs is 2. The lowest BCUT2D eigenvalue weighted by Gasteiger charge is -2.27. The molecule has 0 aliphatic carbocycles. The van der Waals surface area contributed by atoms with Crippen LogP contribution in [0.4, 0.5) is 0 Å². The van der Waals surface area contributed by atoms with Crippen LogP contribution in [-0.2, 0) is 11.2 Å². The predicted octanol–water partition coefficient (Wildman–Crippen LogP) is 1.23. The van der Waals surface area contributed by atoms with Gasteiger partial charge in [0.2, 0.25) is 0 Å². The van der Waals surface area contributed by atoms with Crippen LogP contribution in [0, 0.1) is 11.8 Å². The van der Waals surface area contributed by atoms with E-state index in [9.17, 15) is 9.90 Å². The van der Waals surface area contributed by atoms with Gasteiger partial charge in [-0.15, -0.1) is 0 Å². The molecule has 122 valence electrons. The van der Waals surface area contributed by atoms with Gasteiger partial charge < -0.3 is 19.5 Å². The van der Waals surface area contributed by atoms with Crippen molar-refractivity contribution in [3.63, 3.8) is 0 Å². The first-order chi connectivity index (χ1) is 11.2. The summed E-state index contributed by atoms with van der Waals surface area (Å²) in [6.45, 7) is 2.23. The first-order valence-electron chi connectivity index (χ1n) is 8.54. The highest BCUT2D eigenvalue weighted by molar-refractivity contribution is 5.95. The van der Waals surface area contributed by atoms with E-state index >= 15 is 0 Å². The zero-order valence-electron chi connectivity index (χ0n) is 13.0. The molecule has 1 amide bonds. The van der Waals surface area contributed by atoms with Crippen molar-refractivity contribution >= 4 is 5.91 Å². The lowest BCUT2D eigenvalue weighted by molar-refractivity contribution is 0.00154. The van der Waals surface area contributed by atoms with Crippen molar-refractivity contribution < 1.29 is 19.4 Å². The van der Waals surface area contributed by atoms with Crippen LogP contribution in [0.15, 0.2) is 18.2 Å². The number of rotatable bonds is 2. The Morgan fingerprint density at radius 1 is 1.43 bits per heavy atom. The van der Waals surface area contributed by atoms with Crippen LogP contribution in [0.3, 0.4) is 0 Å². The van der Waals surface area contributed by atoms with Gasteiger partial charge in [-0.3, -0.25) is 4.79 Å². The Labute approximate surface area is 135 Å². The molecule has 1 spiro atoms. The quantitative estimate of drug-likeness (QED) is 0.892. The van der Waals surface area contributed by atoms with Crippen molar-refractivity contribution in [1.82, 2.24) is 4.90 Å². The van der Waals surface area contributed by atoms with Crippen LogP contribution >= 0.6 is 0 Å². The summed E-state index contributed by atoms with van der Waals surface area (Å²) in [5.74, 6) is 1.45. The van der Waals surface area contributed by atoms with E-state index in [1.807, 2.05) is 23.1 Å². The van der Waals surface area contributed by atoms with Gasteiger partial charge in [-0.1, -0.05) is 0 Å². The second kappa shape index (κ2) is 4.71. The second-order valence-corrected chi connectivity index (χ2v) is 7.32. The molecule has 1 aromatic carbocycles. The van der Waals surface area contributed by atoms with Crippen LogP contribution < -0.4 is 4.74 Å². The van der Waals surface area contributed by atoms with Gasteiger partial charge in [-0.05, 0) is 36.6 Å². The first kappa shape index (κ1) is 13.8. The molecule has 3 saturated heterocycles. The van der Waals surface area contributed by atoms with Crippen LogP contribution in [0.5, 0.6) is 5.75 Å². The fraction of sp³-hybridized carbons (Fsp3) is 0.611. The minimum Gasteiger partial charge on any atom is -0.493 e. The molecular formula is C18H21NO4. The lowest BCUT2D eigenvalue weighted by Crippen LogP contribution is -2.38. The molecule has 1 N–H and O–H groups in total. The molecular weight excluding hydrogens is 294 g/mol. The number of hydrogen-bond donors (Lipinski definition) is 1. The Morgan fingerprint density at radius 2 is 2.35 bits per heavy atom. The Morgan fingerprint density at radius 3 is 3.22 bits per heavy atom. The average molecular weight is 315 g/mol. The normalized spacial score (nSPS) is 36.9. The smallest absolute Gasteiger partial charge is 0.253 e. The molecule has 5 nitrogen and oxygen atoms in total. The predicted molar refractivity (Wildman–Crippen MR) is 82.4 cm³/mol. The minimum atomic E-state index is -0.201. The number of hydrogen-bond acceptors (Lipinski definition) is 4. The number of ether oxygens (including phenoxy) is 2. The largest absolute Gasteiger partial charge is 0.493 e. The zero-order valence-corrected chi connectivity index (χ0v) is 13.0. The number of carbonyl (C=O) groups is 1. The number of aliphatic hydroxyl groups excluding tert-OH is 1. The summed E-state index contributed by atoms with van der Waals surface area (Å²) in [5, 5.41) is 9.68. The van der Waals surface area contributed by atoms with E-state index < -0.39 is 0 Å². The maximum atomic E-state index is 12.9. The van der Waals surface area contributed by atoms with Crippen molar-refractivity contribution in [2.24, 2.45) is 11.8 Å². The summed E-state index contributed by atoms with van der Waals surface area (Å²) in [5.41, 5.74) is 1.66. The van der Waals surface area contributed by atoms with Crippen molar-refractivity contribution in [2.45, 2.75) is 31.0 Å². The number of carbonyl (C=O) groups excluding carboxylic acids is 1. The van der Waals surface area contributed by atoms with Crippen molar-refractivity contribution in [2.75, 3.05) is 26.3 Å². The monoisotopic (exact) mass is 315 g/mol. The lowest BCUT2D eigenvalue weighted by atomic mass is 9.74. The third-order valence-electron chi connectivity index (χ3n) is 6.22. The van der Waals surface area contributed by atoms with Gasteiger partial charge in [-0.25, -0.2) is 0 Å². The molecule has 5 rings (SSSR count). The maximum absolute atomic E-state index is 12.9. The van der Waals surface area contributed by atoms with Gasteiger partial charge >= 0.3 is 0 Å². The van der Waals surface area contributed by atoms with Crippen LogP contribution in [0.1, 0.15) is 28.8 Å². The Balaban J connectivity index is 1.40. The van der Waals surface area contributed by atoms with E-state index in [4.69, 9.17) is 9.47 Å². The van der Waals surface area contributed by atoms with Crippen LogP contribution in [-0.4, -0.2) is 53.9 Å². The Hall–Kier alpha value is -1.59. The molecule has 0 radical (unpaired) electrons. The summed E-state index contributed by atoms with van der Waals surface area (Å²) in [6, 6.07) is 5.74. The van der Waals surface area contributed by atoms with Crippen LogP contribution in [0.25, 0.3) is 0 Å². The van der Waals surface area contributed by atoms with Crippen molar-refractivity contribution in [3.05, 3.63) is 29.3 Å². The van der Waals surface area contributed by atoms with Crippen molar-refractivity contribution in [3.8, 4) is 5.75 Å². The van der Waals surface area contributed by atoms with Crippen molar-refractivity contribution in [1.29, 1.82) is 0 Å². The van der Waals surface area contributed by atoms with Gasteiger partial charge in [0.15, 0.2) is 0 Å². The first-order valence-corrected chi connectivity index (χ1v) is 8.54. The number of benzene rings is 1. The fourth-order valence-corrected chi connectivity index (χ4v) is 5.09. The van der Waals surface area contributed by atoms with Gasteiger partial charge in [0, 0.05) is 37.0 Å². The second-order valence-electron chi connectivity index (χ2n) is 7.32. The summed E-state index contributed by atoms with van der Waals surface area (Å²) in [7, 11) is 0. The fourth-order valence-electron chi connectivity index (χ4n) is 5.09. The summed E-state index contributed by atoms with van der Waals surface area (Å²) >= 11 is 0. The Kier molecular flexibility index (Phi) is 2.83. The summed E-state index contributed by atoms with van der Waals surface area (Å²) in [6.07, 6.45) is 3.10. The third-order valence-corrected chi connectivity index (χ3v) is 6.22. The summed E-state index contributed by atoms with van der Waals surface area (Å²) < 4.78 is 11.7. The van der Waals surface area contributed by atoms with Crippen LogP contribution in [0.2, 0.25) is 0 Å². The van der Waals surface area contributed by atoms with E-state index in [0.29, 0.717) is 19.7 Å². The standard InChI is InChI=1S/C18H21NO4/c20-9-13-14-8-19(10-18(14)5-3-16(13)23-18)17(21)12-1-2-15-11(7-12)4-6-22-15/h1-2,7,13-14,16,20H,3-6,8-10H2/t13-,14+,16+,18+/m1/s1. The molecule has 4 atom stereocenters. The highest BCUT2D eigenvalue weighted by atomic mass is 16.5. The number of amides is 1.